The summed E-state index contributed by atoms with van der Waals surface area (Å²) in [5.41, 5.74) is 1.48. The number of sulfonamides is 1. The lowest BCUT2D eigenvalue weighted by Gasteiger charge is -2.11. The zero-order chi connectivity index (χ0) is 22.4. The zero-order valence-corrected chi connectivity index (χ0v) is 17.8. The topological polar surface area (TPSA) is 84.5 Å². The number of anilines is 2. The predicted molar refractivity (Wildman–Crippen MR) is 125 cm³/mol. The second-order valence-electron chi connectivity index (χ2n) is 6.89. The Hall–Kier alpha value is -4.10. The molecule has 160 valence electrons. The second kappa shape index (κ2) is 9.36. The third-order valence-electron chi connectivity index (χ3n) is 4.54. The monoisotopic (exact) mass is 444 g/mol. The third kappa shape index (κ3) is 5.33. The molecular formula is C25H20N2O4S. The Labute approximate surface area is 186 Å². The van der Waals surface area contributed by atoms with Crippen LogP contribution in [0.5, 0.6) is 11.5 Å². The second-order valence-corrected chi connectivity index (χ2v) is 8.57. The van der Waals surface area contributed by atoms with E-state index < -0.39 is 10.0 Å². The van der Waals surface area contributed by atoms with Crippen LogP contribution in [0.2, 0.25) is 0 Å². The summed E-state index contributed by atoms with van der Waals surface area (Å²) in [6.07, 6.45) is 0. The van der Waals surface area contributed by atoms with Gasteiger partial charge in [-0.15, -0.1) is 0 Å². The van der Waals surface area contributed by atoms with Gasteiger partial charge in [-0.2, -0.15) is 0 Å². The van der Waals surface area contributed by atoms with E-state index in [-0.39, 0.29) is 10.8 Å². The van der Waals surface area contributed by atoms with Gasteiger partial charge in [0.1, 0.15) is 11.5 Å². The fourth-order valence-corrected chi connectivity index (χ4v) is 4.00. The molecule has 4 aromatic rings. The average Bonchev–Trinajstić information content (AvgIpc) is 2.82. The van der Waals surface area contributed by atoms with Crippen molar-refractivity contribution >= 4 is 27.3 Å². The maximum atomic E-state index is 12.7. The van der Waals surface area contributed by atoms with Gasteiger partial charge in [0.15, 0.2) is 0 Å². The first-order valence-corrected chi connectivity index (χ1v) is 11.3. The Bertz CT molecular complexity index is 1290. The van der Waals surface area contributed by atoms with Crippen molar-refractivity contribution in [3.8, 4) is 11.5 Å². The standard InChI is InChI=1S/C25H20N2O4S/c28-25(19-7-3-1-4-8-19)26-20-11-13-21(14-12-20)27-32(29,30)24-17-15-23(16-18-24)31-22-9-5-2-6-10-22/h1-18,27H,(H,26,28). The van der Waals surface area contributed by atoms with Crippen molar-refractivity contribution in [2.45, 2.75) is 4.90 Å². The molecule has 0 saturated carbocycles. The SMILES string of the molecule is O=C(Nc1ccc(NS(=O)(=O)c2ccc(Oc3ccccc3)cc2)cc1)c1ccccc1. The van der Waals surface area contributed by atoms with Crippen LogP contribution < -0.4 is 14.8 Å². The zero-order valence-electron chi connectivity index (χ0n) is 16.9. The van der Waals surface area contributed by atoms with Crippen LogP contribution in [0.3, 0.4) is 0 Å². The highest BCUT2D eigenvalue weighted by Gasteiger charge is 2.14. The lowest BCUT2D eigenvalue weighted by atomic mass is 10.2. The summed E-state index contributed by atoms with van der Waals surface area (Å²) < 4.78 is 33.6. The van der Waals surface area contributed by atoms with Gasteiger partial charge in [0, 0.05) is 16.9 Å². The van der Waals surface area contributed by atoms with Crippen LogP contribution in [0.25, 0.3) is 0 Å². The molecule has 0 spiro atoms. The molecule has 0 bridgehead atoms. The molecule has 0 fully saturated rings. The van der Waals surface area contributed by atoms with Crippen molar-refractivity contribution < 1.29 is 17.9 Å². The minimum Gasteiger partial charge on any atom is -0.457 e. The van der Waals surface area contributed by atoms with E-state index in [9.17, 15) is 13.2 Å². The molecule has 2 N–H and O–H groups in total. The number of hydrogen-bond donors (Lipinski definition) is 2. The Kier molecular flexibility index (Phi) is 6.19. The van der Waals surface area contributed by atoms with Crippen molar-refractivity contribution in [3.05, 3.63) is 115 Å². The molecule has 1 amide bonds. The minimum atomic E-state index is -3.77. The molecule has 0 aliphatic carbocycles. The van der Waals surface area contributed by atoms with E-state index in [2.05, 4.69) is 10.0 Å². The first kappa shape index (κ1) is 21.1. The van der Waals surface area contributed by atoms with E-state index in [1.54, 1.807) is 60.7 Å². The lowest BCUT2D eigenvalue weighted by molar-refractivity contribution is 0.102. The van der Waals surface area contributed by atoms with E-state index in [0.717, 1.165) is 0 Å². The highest BCUT2D eigenvalue weighted by Crippen LogP contribution is 2.24. The van der Waals surface area contributed by atoms with E-state index in [1.807, 2.05) is 36.4 Å². The van der Waals surface area contributed by atoms with Gasteiger partial charge in [-0.1, -0.05) is 36.4 Å². The number of carbonyl (C=O) groups is 1. The molecule has 4 aromatic carbocycles. The van der Waals surface area contributed by atoms with Crippen LogP contribution >= 0.6 is 0 Å². The molecule has 0 aliphatic heterocycles. The molecule has 0 aromatic heterocycles. The van der Waals surface area contributed by atoms with Crippen LogP contribution in [0, 0.1) is 0 Å². The third-order valence-corrected chi connectivity index (χ3v) is 5.94. The first-order valence-electron chi connectivity index (χ1n) is 9.82. The molecule has 6 nitrogen and oxygen atoms in total. The van der Waals surface area contributed by atoms with Crippen LogP contribution in [-0.4, -0.2) is 14.3 Å². The molecule has 0 aliphatic rings. The summed E-state index contributed by atoms with van der Waals surface area (Å²) in [6, 6.07) is 30.7. The summed E-state index contributed by atoms with van der Waals surface area (Å²) in [7, 11) is -3.77. The van der Waals surface area contributed by atoms with Crippen LogP contribution in [0.4, 0.5) is 11.4 Å². The van der Waals surface area contributed by atoms with Crippen molar-refractivity contribution in [1.29, 1.82) is 0 Å². The summed E-state index contributed by atoms with van der Waals surface area (Å²) in [4.78, 5) is 12.3. The van der Waals surface area contributed by atoms with Gasteiger partial charge in [-0.25, -0.2) is 8.42 Å². The number of amides is 1. The highest BCUT2D eigenvalue weighted by molar-refractivity contribution is 7.92. The summed E-state index contributed by atoms with van der Waals surface area (Å²) in [5, 5.41) is 2.78. The summed E-state index contributed by atoms with van der Waals surface area (Å²) >= 11 is 0. The largest absolute Gasteiger partial charge is 0.457 e. The Morgan fingerprint density at radius 2 is 1.16 bits per heavy atom. The van der Waals surface area contributed by atoms with Gasteiger partial charge in [0.25, 0.3) is 15.9 Å². The number of hydrogen-bond acceptors (Lipinski definition) is 4. The Balaban J connectivity index is 1.40. The number of rotatable bonds is 7. The van der Waals surface area contributed by atoms with Crippen LogP contribution in [-0.2, 0) is 10.0 Å². The van der Waals surface area contributed by atoms with Crippen LogP contribution in [0.15, 0.2) is 114 Å². The lowest BCUT2D eigenvalue weighted by Crippen LogP contribution is -2.13. The highest BCUT2D eigenvalue weighted by atomic mass is 32.2. The van der Waals surface area contributed by atoms with Gasteiger partial charge in [-0.05, 0) is 72.8 Å². The van der Waals surface area contributed by atoms with Gasteiger partial charge in [0.2, 0.25) is 0 Å². The van der Waals surface area contributed by atoms with Crippen LogP contribution in [0.1, 0.15) is 10.4 Å². The Morgan fingerprint density at radius 3 is 1.78 bits per heavy atom. The molecule has 0 atom stereocenters. The maximum Gasteiger partial charge on any atom is 0.261 e. The molecule has 4 rings (SSSR count). The number of para-hydroxylation sites is 1. The predicted octanol–water partition coefficient (Wildman–Crippen LogP) is 5.53. The smallest absolute Gasteiger partial charge is 0.261 e. The van der Waals surface area contributed by atoms with Gasteiger partial charge < -0.3 is 10.1 Å². The molecule has 0 saturated heterocycles. The fourth-order valence-electron chi connectivity index (χ4n) is 2.94. The quantitative estimate of drug-likeness (QED) is 0.392. The number of ether oxygens (including phenoxy) is 1. The summed E-state index contributed by atoms with van der Waals surface area (Å²) in [5.74, 6) is 0.964. The number of nitrogens with one attached hydrogen (secondary N) is 2. The van der Waals surface area contributed by atoms with Gasteiger partial charge in [-0.3, -0.25) is 9.52 Å². The number of carbonyl (C=O) groups excluding carboxylic acids is 1. The van der Waals surface area contributed by atoms with E-state index in [0.29, 0.717) is 28.4 Å². The molecule has 0 heterocycles. The van der Waals surface area contributed by atoms with Crippen molar-refractivity contribution in [2.24, 2.45) is 0 Å². The van der Waals surface area contributed by atoms with Gasteiger partial charge in [0.05, 0.1) is 4.90 Å². The first-order chi connectivity index (χ1) is 15.5. The van der Waals surface area contributed by atoms with E-state index in [4.69, 9.17) is 4.74 Å². The normalized spacial score (nSPS) is 10.9. The minimum absolute atomic E-state index is 0.111. The fraction of sp³-hybridized carbons (Fsp3) is 0. The van der Waals surface area contributed by atoms with Crippen molar-refractivity contribution in [3.63, 3.8) is 0 Å². The molecular weight excluding hydrogens is 424 g/mol. The van der Waals surface area contributed by atoms with E-state index in [1.165, 1.54) is 12.1 Å². The average molecular weight is 445 g/mol. The number of benzene rings is 4. The van der Waals surface area contributed by atoms with E-state index >= 15 is 0 Å². The van der Waals surface area contributed by atoms with Crippen molar-refractivity contribution in [1.82, 2.24) is 0 Å². The molecule has 0 radical (unpaired) electrons. The van der Waals surface area contributed by atoms with Gasteiger partial charge >= 0.3 is 0 Å². The Morgan fingerprint density at radius 1 is 0.625 bits per heavy atom. The molecule has 0 unspecified atom stereocenters. The van der Waals surface area contributed by atoms with Crippen molar-refractivity contribution in [2.75, 3.05) is 10.0 Å². The maximum absolute atomic E-state index is 12.7. The molecule has 32 heavy (non-hydrogen) atoms. The summed E-state index contributed by atoms with van der Waals surface area (Å²) in [6.45, 7) is 0. The molecule has 7 heteroatoms.